The normalized spacial score (nSPS) is 18.0. The average molecular weight is 212 g/mol. The minimum Gasteiger partial charge on any atom is -0.379 e. The van der Waals surface area contributed by atoms with E-state index in [1.807, 2.05) is 24.3 Å². The number of benzene rings is 2. The molecule has 0 atom stereocenters. The topological polar surface area (TPSA) is 26.3 Å². The Hall–Kier alpha value is -1.67. The van der Waals surface area contributed by atoms with Crippen molar-refractivity contribution in [3.8, 4) is 0 Å². The number of aldehydes is 1. The summed E-state index contributed by atoms with van der Waals surface area (Å²) in [6, 6.07) is 14.2. The molecule has 0 bridgehead atoms. The molecule has 1 aliphatic heterocycles. The molecule has 3 rings (SSSR count). The molecular weight excluding hydrogens is 200 g/mol. The van der Waals surface area contributed by atoms with E-state index in [2.05, 4.69) is 18.2 Å². The maximum atomic E-state index is 11.3. The summed E-state index contributed by atoms with van der Waals surface area (Å²) in [6.45, 7) is 1.01. The second-order valence-corrected chi connectivity index (χ2v) is 4.29. The number of hydrogen-bond donors (Lipinski definition) is 0. The molecule has 1 heterocycles. The second-order valence-electron chi connectivity index (χ2n) is 4.29. The number of ether oxygens (including phenoxy) is 1. The van der Waals surface area contributed by atoms with Gasteiger partial charge in [-0.25, -0.2) is 0 Å². The Balaban J connectivity index is 2.27. The van der Waals surface area contributed by atoms with Crippen LogP contribution in [0.1, 0.15) is 5.56 Å². The molecule has 0 unspecified atom stereocenters. The molecule has 16 heavy (non-hydrogen) atoms. The van der Waals surface area contributed by atoms with E-state index < -0.39 is 5.41 Å². The fraction of sp³-hybridized carbons (Fsp3) is 0.214. The first-order chi connectivity index (χ1) is 7.86. The van der Waals surface area contributed by atoms with Crippen LogP contribution in [0.15, 0.2) is 42.5 Å². The molecule has 0 saturated carbocycles. The third-order valence-corrected chi connectivity index (χ3v) is 3.27. The van der Waals surface area contributed by atoms with Crippen LogP contribution in [-0.2, 0) is 14.9 Å². The fourth-order valence-corrected chi connectivity index (χ4v) is 2.27. The van der Waals surface area contributed by atoms with Crippen molar-refractivity contribution in [1.29, 1.82) is 0 Å². The number of carbonyl (C=O) groups excluding carboxylic acids is 1. The van der Waals surface area contributed by atoms with Crippen LogP contribution in [-0.4, -0.2) is 19.5 Å². The molecule has 1 saturated heterocycles. The van der Waals surface area contributed by atoms with Crippen LogP contribution in [0.2, 0.25) is 0 Å². The Kier molecular flexibility index (Phi) is 2.04. The van der Waals surface area contributed by atoms with Crippen molar-refractivity contribution in [2.45, 2.75) is 5.41 Å². The fourth-order valence-electron chi connectivity index (χ4n) is 2.27. The van der Waals surface area contributed by atoms with Gasteiger partial charge in [0.25, 0.3) is 0 Å². The van der Waals surface area contributed by atoms with E-state index in [0.29, 0.717) is 13.2 Å². The van der Waals surface area contributed by atoms with Crippen molar-refractivity contribution in [3.63, 3.8) is 0 Å². The third-order valence-electron chi connectivity index (χ3n) is 3.27. The third kappa shape index (κ3) is 1.20. The van der Waals surface area contributed by atoms with Crippen molar-refractivity contribution in [2.24, 2.45) is 0 Å². The number of fused-ring (bicyclic) bond motifs is 1. The maximum Gasteiger partial charge on any atom is 0.135 e. The minimum atomic E-state index is -0.416. The van der Waals surface area contributed by atoms with Crippen molar-refractivity contribution in [1.82, 2.24) is 0 Å². The van der Waals surface area contributed by atoms with Gasteiger partial charge in [-0.3, -0.25) is 0 Å². The van der Waals surface area contributed by atoms with Gasteiger partial charge in [0.2, 0.25) is 0 Å². The van der Waals surface area contributed by atoms with E-state index in [0.717, 1.165) is 17.2 Å². The molecule has 2 heteroatoms. The summed E-state index contributed by atoms with van der Waals surface area (Å²) in [7, 11) is 0. The highest BCUT2D eigenvalue weighted by molar-refractivity contribution is 5.90. The number of hydrogen-bond acceptors (Lipinski definition) is 2. The molecule has 1 fully saturated rings. The molecule has 0 N–H and O–H groups in total. The van der Waals surface area contributed by atoms with E-state index in [-0.39, 0.29) is 0 Å². The lowest BCUT2D eigenvalue weighted by Gasteiger charge is -2.37. The average Bonchev–Trinajstić information content (AvgIpc) is 2.29. The zero-order valence-corrected chi connectivity index (χ0v) is 8.85. The zero-order chi connectivity index (χ0) is 11.0. The van der Waals surface area contributed by atoms with Crippen LogP contribution in [0.4, 0.5) is 0 Å². The lowest BCUT2D eigenvalue weighted by atomic mass is 9.78. The van der Waals surface area contributed by atoms with E-state index in [4.69, 9.17) is 4.74 Å². The van der Waals surface area contributed by atoms with Gasteiger partial charge in [0.05, 0.1) is 18.6 Å². The summed E-state index contributed by atoms with van der Waals surface area (Å²) in [4.78, 5) is 11.3. The largest absolute Gasteiger partial charge is 0.379 e. The van der Waals surface area contributed by atoms with Crippen molar-refractivity contribution in [3.05, 3.63) is 48.0 Å². The molecule has 0 aromatic heterocycles. The molecule has 0 radical (unpaired) electrons. The summed E-state index contributed by atoms with van der Waals surface area (Å²) in [5.41, 5.74) is 0.674. The van der Waals surface area contributed by atoms with Crippen molar-refractivity contribution in [2.75, 3.05) is 13.2 Å². The van der Waals surface area contributed by atoms with E-state index >= 15 is 0 Å². The van der Waals surface area contributed by atoms with Crippen LogP contribution in [0.25, 0.3) is 10.8 Å². The van der Waals surface area contributed by atoms with Gasteiger partial charge in [-0.1, -0.05) is 42.5 Å². The van der Waals surface area contributed by atoms with Crippen LogP contribution >= 0.6 is 0 Å². The van der Waals surface area contributed by atoms with Crippen LogP contribution < -0.4 is 0 Å². The maximum absolute atomic E-state index is 11.3. The first-order valence-electron chi connectivity index (χ1n) is 5.38. The molecule has 80 valence electrons. The Morgan fingerprint density at radius 2 is 1.81 bits per heavy atom. The van der Waals surface area contributed by atoms with Crippen LogP contribution in [0.5, 0.6) is 0 Å². The van der Waals surface area contributed by atoms with Gasteiger partial charge < -0.3 is 9.53 Å². The highest BCUT2D eigenvalue weighted by Gasteiger charge is 2.41. The molecule has 0 aliphatic carbocycles. The summed E-state index contributed by atoms with van der Waals surface area (Å²) in [6.07, 6.45) is 1.03. The van der Waals surface area contributed by atoms with E-state index in [1.54, 1.807) is 0 Å². The van der Waals surface area contributed by atoms with Gasteiger partial charge in [-0.2, -0.15) is 0 Å². The monoisotopic (exact) mass is 212 g/mol. The summed E-state index contributed by atoms with van der Waals surface area (Å²) in [5.74, 6) is 0. The van der Waals surface area contributed by atoms with Crippen LogP contribution in [0, 0.1) is 0 Å². The Bertz CT molecular complexity index is 536. The number of carbonyl (C=O) groups is 1. The van der Waals surface area contributed by atoms with Crippen LogP contribution in [0.3, 0.4) is 0 Å². The molecular formula is C14H12O2. The van der Waals surface area contributed by atoms with Gasteiger partial charge >= 0.3 is 0 Å². The van der Waals surface area contributed by atoms with Gasteiger partial charge in [-0.15, -0.1) is 0 Å². The molecule has 0 spiro atoms. The SMILES string of the molecule is O=CC1(c2cccc3ccccc23)COC1. The van der Waals surface area contributed by atoms with Crippen molar-refractivity contribution >= 4 is 17.1 Å². The first-order valence-corrected chi connectivity index (χ1v) is 5.38. The lowest BCUT2D eigenvalue weighted by Crippen LogP contribution is -2.48. The van der Waals surface area contributed by atoms with Crippen molar-refractivity contribution < 1.29 is 9.53 Å². The van der Waals surface area contributed by atoms with Gasteiger partial charge in [-0.05, 0) is 16.3 Å². The summed E-state index contributed by atoms with van der Waals surface area (Å²) >= 11 is 0. The lowest BCUT2D eigenvalue weighted by molar-refractivity contribution is -0.129. The summed E-state index contributed by atoms with van der Waals surface area (Å²) < 4.78 is 5.20. The predicted molar refractivity (Wildman–Crippen MR) is 62.5 cm³/mol. The smallest absolute Gasteiger partial charge is 0.135 e. The Labute approximate surface area is 93.8 Å². The Morgan fingerprint density at radius 1 is 1.06 bits per heavy atom. The predicted octanol–water partition coefficient (Wildman–Crippen LogP) is 2.31. The molecule has 2 aromatic carbocycles. The highest BCUT2D eigenvalue weighted by atomic mass is 16.5. The van der Waals surface area contributed by atoms with Gasteiger partial charge in [0.15, 0.2) is 0 Å². The minimum absolute atomic E-state index is 0.416. The second kappa shape index (κ2) is 3.42. The zero-order valence-electron chi connectivity index (χ0n) is 8.85. The molecule has 1 aliphatic rings. The van der Waals surface area contributed by atoms with E-state index in [1.165, 1.54) is 5.39 Å². The molecule has 2 nitrogen and oxygen atoms in total. The number of rotatable bonds is 2. The first kappa shape index (κ1) is 9.55. The quantitative estimate of drug-likeness (QED) is 0.714. The summed E-state index contributed by atoms with van der Waals surface area (Å²) in [5, 5.41) is 2.33. The van der Waals surface area contributed by atoms with E-state index in [9.17, 15) is 4.79 Å². The van der Waals surface area contributed by atoms with Gasteiger partial charge in [0, 0.05) is 0 Å². The van der Waals surface area contributed by atoms with Gasteiger partial charge in [0.1, 0.15) is 6.29 Å². The standard InChI is InChI=1S/C14H12O2/c15-8-14(9-16-10-14)13-7-3-5-11-4-1-2-6-12(11)13/h1-8H,9-10H2. The Morgan fingerprint density at radius 3 is 2.50 bits per heavy atom. The highest BCUT2D eigenvalue weighted by Crippen LogP contribution is 2.34. The molecule has 0 amide bonds. The molecule has 2 aromatic rings.